The number of likely N-dealkylation sites (tertiary alicyclic amines) is 1. The van der Waals surface area contributed by atoms with Crippen LogP contribution in [0.5, 0.6) is 0 Å². The van der Waals surface area contributed by atoms with Gasteiger partial charge in [0, 0.05) is 32.5 Å². The molecule has 7 nitrogen and oxygen atoms in total. The Labute approximate surface area is 152 Å². The van der Waals surface area contributed by atoms with Crippen LogP contribution in [0.2, 0.25) is 0 Å². The SMILES string of the molecule is CC(=O)NC(CC(=O)N1C[C@H]2COCC[C@@]2(C(=O)O)C1)c1ccccc1. The van der Waals surface area contributed by atoms with E-state index in [4.69, 9.17) is 4.74 Å². The van der Waals surface area contributed by atoms with Gasteiger partial charge in [0.2, 0.25) is 11.8 Å². The summed E-state index contributed by atoms with van der Waals surface area (Å²) in [6, 6.07) is 8.89. The van der Waals surface area contributed by atoms with Gasteiger partial charge in [-0.1, -0.05) is 30.3 Å². The molecule has 2 saturated heterocycles. The highest BCUT2D eigenvalue weighted by Gasteiger charge is 2.54. The average molecular weight is 360 g/mol. The minimum Gasteiger partial charge on any atom is -0.481 e. The maximum atomic E-state index is 12.9. The van der Waals surface area contributed by atoms with Crippen molar-refractivity contribution >= 4 is 17.8 Å². The van der Waals surface area contributed by atoms with Crippen LogP contribution in [0.1, 0.15) is 31.4 Å². The molecule has 1 aromatic carbocycles. The van der Waals surface area contributed by atoms with Crippen molar-refractivity contribution in [3.63, 3.8) is 0 Å². The number of fused-ring (bicyclic) bond motifs is 1. The van der Waals surface area contributed by atoms with Crippen LogP contribution >= 0.6 is 0 Å². The molecule has 2 amide bonds. The third-order valence-corrected chi connectivity index (χ3v) is 5.44. The Morgan fingerprint density at radius 3 is 2.69 bits per heavy atom. The molecule has 1 unspecified atom stereocenters. The number of amides is 2. The Kier molecular flexibility index (Phi) is 5.27. The molecule has 0 bridgehead atoms. The Morgan fingerprint density at radius 1 is 1.35 bits per heavy atom. The number of nitrogens with zero attached hydrogens (tertiary/aromatic N) is 1. The van der Waals surface area contributed by atoms with Crippen LogP contribution in [-0.2, 0) is 19.1 Å². The predicted octanol–water partition coefficient (Wildman–Crippen LogP) is 1.20. The van der Waals surface area contributed by atoms with Gasteiger partial charge in [0.25, 0.3) is 0 Å². The lowest BCUT2D eigenvalue weighted by Crippen LogP contribution is -2.45. The molecule has 3 atom stereocenters. The first-order valence-electron chi connectivity index (χ1n) is 8.83. The first-order chi connectivity index (χ1) is 12.4. The number of carbonyl (C=O) groups is 3. The number of carboxylic acids is 1. The van der Waals surface area contributed by atoms with Crippen LogP contribution in [0.4, 0.5) is 0 Å². The summed E-state index contributed by atoms with van der Waals surface area (Å²) in [6.07, 6.45) is 0.525. The zero-order valence-corrected chi connectivity index (χ0v) is 14.8. The van der Waals surface area contributed by atoms with Gasteiger partial charge in [-0.25, -0.2) is 0 Å². The van der Waals surface area contributed by atoms with E-state index >= 15 is 0 Å². The van der Waals surface area contributed by atoms with Gasteiger partial charge in [-0.3, -0.25) is 14.4 Å². The van der Waals surface area contributed by atoms with E-state index in [1.165, 1.54) is 6.92 Å². The van der Waals surface area contributed by atoms with E-state index in [1.54, 1.807) is 4.90 Å². The molecule has 26 heavy (non-hydrogen) atoms. The second-order valence-electron chi connectivity index (χ2n) is 7.13. The van der Waals surface area contributed by atoms with Crippen molar-refractivity contribution in [3.05, 3.63) is 35.9 Å². The number of benzene rings is 1. The number of ether oxygens (including phenoxy) is 1. The van der Waals surface area contributed by atoms with E-state index in [-0.39, 0.29) is 30.7 Å². The summed E-state index contributed by atoms with van der Waals surface area (Å²) in [5.74, 6) is -1.41. The van der Waals surface area contributed by atoms with Crippen LogP contribution in [-0.4, -0.2) is 54.1 Å². The van der Waals surface area contributed by atoms with Gasteiger partial charge < -0.3 is 20.1 Å². The topological polar surface area (TPSA) is 95.9 Å². The Balaban J connectivity index is 1.74. The van der Waals surface area contributed by atoms with Crippen molar-refractivity contribution in [3.8, 4) is 0 Å². The van der Waals surface area contributed by atoms with E-state index in [0.717, 1.165) is 5.56 Å². The second kappa shape index (κ2) is 7.45. The molecule has 7 heteroatoms. The third kappa shape index (κ3) is 3.58. The van der Waals surface area contributed by atoms with Gasteiger partial charge >= 0.3 is 5.97 Å². The van der Waals surface area contributed by atoms with Gasteiger partial charge in [0.05, 0.1) is 24.5 Å². The molecule has 1 aromatic rings. The Morgan fingerprint density at radius 2 is 2.08 bits per heavy atom. The predicted molar refractivity (Wildman–Crippen MR) is 93.2 cm³/mol. The Bertz CT molecular complexity index is 692. The number of carboxylic acid groups (broad SMARTS) is 1. The van der Waals surface area contributed by atoms with Crippen molar-refractivity contribution in [1.29, 1.82) is 0 Å². The summed E-state index contributed by atoms with van der Waals surface area (Å²) >= 11 is 0. The molecule has 3 rings (SSSR count). The quantitative estimate of drug-likeness (QED) is 0.823. The maximum Gasteiger partial charge on any atom is 0.311 e. The highest BCUT2D eigenvalue weighted by molar-refractivity contribution is 5.82. The lowest BCUT2D eigenvalue weighted by atomic mass is 9.74. The van der Waals surface area contributed by atoms with E-state index in [9.17, 15) is 19.5 Å². The van der Waals surface area contributed by atoms with E-state index in [2.05, 4.69) is 5.32 Å². The fourth-order valence-electron chi connectivity index (χ4n) is 3.98. The molecule has 0 spiro atoms. The van der Waals surface area contributed by atoms with Crippen LogP contribution in [0.25, 0.3) is 0 Å². The summed E-state index contributed by atoms with van der Waals surface area (Å²) < 4.78 is 5.43. The summed E-state index contributed by atoms with van der Waals surface area (Å²) in [6.45, 7) is 2.78. The molecule has 2 fully saturated rings. The normalized spacial score (nSPS) is 26.0. The molecule has 2 heterocycles. The van der Waals surface area contributed by atoms with Crippen LogP contribution < -0.4 is 5.32 Å². The Hall–Kier alpha value is -2.41. The minimum atomic E-state index is -0.913. The van der Waals surface area contributed by atoms with Crippen molar-refractivity contribution < 1.29 is 24.2 Å². The van der Waals surface area contributed by atoms with E-state index < -0.39 is 17.4 Å². The highest BCUT2D eigenvalue weighted by atomic mass is 16.5. The fraction of sp³-hybridized carbons (Fsp3) is 0.526. The van der Waals surface area contributed by atoms with E-state index in [1.807, 2.05) is 30.3 Å². The molecular formula is C19H24N2O5. The molecule has 0 aliphatic carbocycles. The number of hydrogen-bond donors (Lipinski definition) is 2. The van der Waals surface area contributed by atoms with Crippen LogP contribution in [0.15, 0.2) is 30.3 Å². The number of aliphatic carboxylic acids is 1. The first kappa shape index (κ1) is 18.4. The van der Waals surface area contributed by atoms with E-state index in [0.29, 0.717) is 26.2 Å². The molecule has 0 saturated carbocycles. The van der Waals surface area contributed by atoms with Crippen molar-refractivity contribution in [1.82, 2.24) is 10.2 Å². The molecule has 2 aliphatic heterocycles. The zero-order valence-electron chi connectivity index (χ0n) is 14.8. The lowest BCUT2D eigenvalue weighted by Gasteiger charge is -2.33. The van der Waals surface area contributed by atoms with Gasteiger partial charge in [0.1, 0.15) is 0 Å². The maximum absolute atomic E-state index is 12.9. The molecule has 2 N–H and O–H groups in total. The second-order valence-corrected chi connectivity index (χ2v) is 7.13. The monoisotopic (exact) mass is 360 g/mol. The summed E-state index contributed by atoms with van der Waals surface area (Å²) in [7, 11) is 0. The molecule has 2 aliphatic rings. The van der Waals surface area contributed by atoms with Crippen molar-refractivity contribution in [2.45, 2.75) is 25.8 Å². The van der Waals surface area contributed by atoms with Crippen molar-refractivity contribution in [2.24, 2.45) is 11.3 Å². The smallest absolute Gasteiger partial charge is 0.311 e. The minimum absolute atomic E-state index is 0.104. The van der Waals surface area contributed by atoms with Gasteiger partial charge in [-0.2, -0.15) is 0 Å². The average Bonchev–Trinajstić information content (AvgIpc) is 3.03. The van der Waals surface area contributed by atoms with Crippen LogP contribution in [0.3, 0.4) is 0 Å². The highest BCUT2D eigenvalue weighted by Crippen LogP contribution is 2.42. The lowest BCUT2D eigenvalue weighted by molar-refractivity contribution is -0.157. The molecule has 0 aromatic heterocycles. The number of carbonyl (C=O) groups excluding carboxylic acids is 2. The van der Waals surface area contributed by atoms with Gasteiger partial charge in [0.15, 0.2) is 0 Å². The first-order valence-corrected chi connectivity index (χ1v) is 8.83. The largest absolute Gasteiger partial charge is 0.481 e. The number of hydrogen-bond acceptors (Lipinski definition) is 4. The van der Waals surface area contributed by atoms with Gasteiger partial charge in [-0.05, 0) is 12.0 Å². The van der Waals surface area contributed by atoms with Crippen LogP contribution in [0, 0.1) is 11.3 Å². The standard InChI is InChI=1S/C19H24N2O5/c1-13(22)20-16(14-5-3-2-4-6-14)9-17(23)21-10-15-11-26-8-7-19(15,12-21)18(24)25/h2-6,15-16H,7-12H2,1H3,(H,20,22)(H,24,25)/t15-,16?,19+/m0/s1. The summed E-state index contributed by atoms with van der Waals surface area (Å²) in [5.41, 5.74) is -0.0617. The van der Waals surface area contributed by atoms with Crippen molar-refractivity contribution in [2.75, 3.05) is 26.3 Å². The number of rotatable bonds is 5. The summed E-state index contributed by atoms with van der Waals surface area (Å²) in [4.78, 5) is 37.9. The molecular weight excluding hydrogens is 336 g/mol. The molecule has 140 valence electrons. The molecule has 0 radical (unpaired) electrons. The third-order valence-electron chi connectivity index (χ3n) is 5.44. The summed E-state index contributed by atoms with van der Waals surface area (Å²) in [5, 5.41) is 12.5. The zero-order chi connectivity index (χ0) is 18.7. The fourth-order valence-corrected chi connectivity index (χ4v) is 3.98. The van der Waals surface area contributed by atoms with Gasteiger partial charge in [-0.15, -0.1) is 0 Å². The number of nitrogens with one attached hydrogen (secondary N) is 1.